The summed E-state index contributed by atoms with van der Waals surface area (Å²) in [6.45, 7) is 17.2. The van der Waals surface area contributed by atoms with E-state index in [2.05, 4.69) is 66.7 Å². The van der Waals surface area contributed by atoms with Crippen LogP contribution in [0.2, 0.25) is 0 Å². The number of benzene rings is 3. The van der Waals surface area contributed by atoms with Crippen LogP contribution in [0.5, 0.6) is 23.0 Å². The van der Waals surface area contributed by atoms with Crippen molar-refractivity contribution in [3.63, 3.8) is 0 Å². The lowest BCUT2D eigenvalue weighted by molar-refractivity contribution is -0.132. The second kappa shape index (κ2) is 26.3. The summed E-state index contributed by atoms with van der Waals surface area (Å²) in [7, 11) is -0.469. The lowest BCUT2D eigenvalue weighted by atomic mass is 10.0. The summed E-state index contributed by atoms with van der Waals surface area (Å²) in [6.07, 6.45) is 6.43. The van der Waals surface area contributed by atoms with Crippen LogP contribution in [0.1, 0.15) is 77.3 Å². The number of ether oxygens (including phenoxy) is 2. The van der Waals surface area contributed by atoms with Crippen molar-refractivity contribution in [2.24, 2.45) is 5.92 Å². The van der Waals surface area contributed by atoms with Gasteiger partial charge >= 0.3 is 0 Å². The minimum absolute atomic E-state index is 0.00189. The van der Waals surface area contributed by atoms with Crippen LogP contribution in [-0.2, 0) is 21.1 Å². The number of aromatic amines is 1. The number of aromatic nitrogens is 7. The van der Waals surface area contributed by atoms with Crippen molar-refractivity contribution in [1.82, 2.24) is 39.6 Å². The Morgan fingerprint density at radius 2 is 1.58 bits per heavy atom. The molecule has 0 spiro atoms. The molecular formula is C55H68N10O7S4. The van der Waals surface area contributed by atoms with Gasteiger partial charge in [-0.05, 0) is 102 Å². The number of H-pyrrole nitrogens is 1. The topological polar surface area (TPSA) is 214 Å². The second-order valence-corrected chi connectivity index (χ2v) is 23.4. The van der Waals surface area contributed by atoms with Gasteiger partial charge in [0, 0.05) is 82.0 Å². The van der Waals surface area contributed by atoms with Crippen LogP contribution in [-0.4, -0.2) is 116 Å². The molecule has 0 radical (unpaired) electrons. The van der Waals surface area contributed by atoms with E-state index in [0.717, 1.165) is 106 Å². The van der Waals surface area contributed by atoms with Gasteiger partial charge < -0.3 is 34.8 Å². The number of carbonyl (C=O) groups excluding carboxylic acids is 1. The third-order valence-electron chi connectivity index (χ3n) is 13.2. The Morgan fingerprint density at radius 3 is 2.25 bits per heavy atom. The highest BCUT2D eigenvalue weighted by molar-refractivity contribution is 7.94. The zero-order valence-corrected chi connectivity index (χ0v) is 47.7. The van der Waals surface area contributed by atoms with E-state index in [9.17, 15) is 23.4 Å². The number of thiazole rings is 3. The minimum Gasteiger partial charge on any atom is -0.508 e. The van der Waals surface area contributed by atoms with Gasteiger partial charge in [0.25, 0.3) is 0 Å². The fourth-order valence-electron chi connectivity index (χ4n) is 8.88. The Labute approximate surface area is 457 Å². The number of rotatable bonds is 18. The third-order valence-corrected chi connectivity index (χ3v) is 17.8. The molecule has 1 aliphatic heterocycles. The minimum atomic E-state index is -3.76. The molecule has 1 saturated heterocycles. The van der Waals surface area contributed by atoms with E-state index in [0.29, 0.717) is 23.1 Å². The maximum Gasteiger partial charge on any atom is 0.238 e. The number of amides is 1. The number of methoxy groups -OCH3 is 2. The molecule has 17 nitrogen and oxygen atoms in total. The highest BCUT2D eigenvalue weighted by Gasteiger charge is 2.30. The number of hydrogen-bond acceptors (Lipinski definition) is 17. The zero-order chi connectivity index (χ0) is 54.5. The molecule has 0 aliphatic carbocycles. The Kier molecular flexibility index (Phi) is 19.7. The van der Waals surface area contributed by atoms with Gasteiger partial charge in [0.1, 0.15) is 23.6 Å². The standard InChI is InChI=1S/C21H24N6O2S.C19H26N2O3S2.C15H18N2O2S/c1-13-9-16(14(2)27(13)20-23-12-24-26-20)17-11-30-21(25-17)22-8-7-15-5-6-18(28-3)19(10-15)29-4;1-5-14(3)21(15(4)6-2)18(22)13-26(23,24)19-20-17(12-25-19)16-10-8-7-9-11-16;1-10-3-2-6-17(8-10)15-16-13(9-20-15)12-5-4-11(18)7-14(12)19/h5-6,9-12H,7-8H2,1-4H3,(H,22,25)(H,23,24,26);7-12,14-15H,5-6,13H2,1-4H3;4-5,7,9-10,18-19H,2-3,6,8H2,1H3. The summed E-state index contributed by atoms with van der Waals surface area (Å²) in [5.74, 6) is 2.13. The first-order valence-electron chi connectivity index (χ1n) is 25.3. The molecule has 6 heterocycles. The zero-order valence-electron chi connectivity index (χ0n) is 44.5. The molecule has 3 unspecified atom stereocenters. The summed E-state index contributed by atoms with van der Waals surface area (Å²) in [4.78, 5) is 34.7. The SMILES string of the molecule is CC1CCCN(c2nc(-c3ccc(O)cc3O)cs2)C1.CCC(C)N(C(=O)CS(=O)(=O)c1nc(-c2ccccc2)cs1)C(C)CC.COc1ccc(CCNc2nc(-c3cc(C)n(-c4ncn[nH]4)c3C)cs2)cc1OC. The van der Waals surface area contributed by atoms with Crippen LogP contribution in [0.25, 0.3) is 39.7 Å². The summed E-state index contributed by atoms with van der Waals surface area (Å²) >= 11 is 4.27. The van der Waals surface area contributed by atoms with Crippen molar-refractivity contribution in [3.8, 4) is 62.7 Å². The number of phenolic OH excluding ortho intramolecular Hbond substituents is 2. The number of anilines is 2. The van der Waals surface area contributed by atoms with E-state index >= 15 is 0 Å². The first kappa shape index (κ1) is 56.9. The molecule has 9 rings (SSSR count). The van der Waals surface area contributed by atoms with E-state index in [1.807, 2.05) is 87.0 Å². The number of aryl methyl sites for hydroxylation is 1. The first-order chi connectivity index (χ1) is 36.5. The summed E-state index contributed by atoms with van der Waals surface area (Å²) in [5.41, 5.74) is 8.27. The molecule has 1 aliphatic rings. The molecule has 404 valence electrons. The lowest BCUT2D eigenvalue weighted by Crippen LogP contribution is -2.46. The van der Waals surface area contributed by atoms with Gasteiger partial charge in [-0.2, -0.15) is 10.1 Å². The smallest absolute Gasteiger partial charge is 0.238 e. The average Bonchev–Trinajstić information content (AvgIpc) is 4.29. The fourth-order valence-corrected chi connectivity index (χ4v) is 12.8. The van der Waals surface area contributed by atoms with Crippen LogP contribution >= 0.6 is 34.0 Å². The Hall–Kier alpha value is -6.81. The molecule has 0 saturated carbocycles. The molecule has 3 aromatic carbocycles. The number of hydrogen-bond donors (Lipinski definition) is 4. The highest BCUT2D eigenvalue weighted by atomic mass is 32.2. The van der Waals surface area contributed by atoms with Crippen LogP contribution < -0.4 is 19.7 Å². The fraction of sp³-hybridized carbons (Fsp3) is 0.382. The van der Waals surface area contributed by atoms with Crippen LogP contribution in [0.15, 0.2) is 99.6 Å². The summed E-state index contributed by atoms with van der Waals surface area (Å²) in [5, 5.41) is 37.2. The van der Waals surface area contributed by atoms with Gasteiger partial charge in [-0.3, -0.25) is 9.36 Å². The maximum absolute atomic E-state index is 12.7. The van der Waals surface area contributed by atoms with Crippen molar-refractivity contribution < 1.29 is 32.9 Å². The second-order valence-electron chi connectivity index (χ2n) is 18.7. The number of carbonyl (C=O) groups is 1. The predicted octanol–water partition coefficient (Wildman–Crippen LogP) is 11.5. The van der Waals surface area contributed by atoms with E-state index in [-0.39, 0.29) is 33.8 Å². The lowest BCUT2D eigenvalue weighted by Gasteiger charge is -2.33. The number of phenols is 2. The highest BCUT2D eigenvalue weighted by Crippen LogP contribution is 2.36. The number of nitrogens with zero attached hydrogens (tertiary/aromatic N) is 8. The Balaban J connectivity index is 0.000000169. The monoisotopic (exact) mass is 1110 g/mol. The average molecular weight is 1110 g/mol. The van der Waals surface area contributed by atoms with Crippen molar-refractivity contribution in [3.05, 3.63) is 112 Å². The van der Waals surface area contributed by atoms with Crippen molar-refractivity contribution in [2.45, 2.75) is 97.0 Å². The number of piperidine rings is 1. The van der Waals surface area contributed by atoms with E-state index in [4.69, 9.17) is 14.5 Å². The Morgan fingerprint density at radius 1 is 0.868 bits per heavy atom. The van der Waals surface area contributed by atoms with Gasteiger partial charge in [0.15, 0.2) is 21.8 Å². The third kappa shape index (κ3) is 14.2. The van der Waals surface area contributed by atoms with Crippen molar-refractivity contribution >= 4 is 60.0 Å². The number of sulfone groups is 1. The van der Waals surface area contributed by atoms with E-state index in [1.165, 1.54) is 30.8 Å². The summed E-state index contributed by atoms with van der Waals surface area (Å²) in [6, 6.07) is 22.1. The van der Waals surface area contributed by atoms with Crippen LogP contribution in [0.4, 0.5) is 10.3 Å². The number of nitrogens with one attached hydrogen (secondary N) is 2. The van der Waals surface area contributed by atoms with Gasteiger partial charge in [-0.15, -0.1) is 34.0 Å². The molecule has 1 amide bonds. The van der Waals surface area contributed by atoms with Gasteiger partial charge in [-0.1, -0.05) is 57.2 Å². The molecule has 1 fully saturated rings. The normalized spacial score (nSPS) is 14.2. The molecule has 0 bridgehead atoms. The molecule has 76 heavy (non-hydrogen) atoms. The quantitative estimate of drug-likeness (QED) is 0.0629. The molecule has 5 aromatic heterocycles. The maximum atomic E-state index is 12.7. The molecule has 4 N–H and O–H groups in total. The van der Waals surface area contributed by atoms with Crippen LogP contribution in [0.3, 0.4) is 0 Å². The number of aromatic hydroxyl groups is 2. The molecular weight excluding hydrogens is 1040 g/mol. The van der Waals surface area contributed by atoms with Gasteiger partial charge in [0.2, 0.25) is 26.0 Å². The van der Waals surface area contributed by atoms with E-state index in [1.54, 1.807) is 59.3 Å². The molecule has 8 aromatic rings. The summed E-state index contributed by atoms with van der Waals surface area (Å²) < 4.78 is 38.1. The van der Waals surface area contributed by atoms with E-state index < -0.39 is 15.6 Å². The largest absolute Gasteiger partial charge is 0.508 e. The van der Waals surface area contributed by atoms with Crippen LogP contribution in [0, 0.1) is 19.8 Å². The van der Waals surface area contributed by atoms with Crippen molar-refractivity contribution in [2.75, 3.05) is 49.8 Å². The molecule has 3 atom stereocenters. The van der Waals surface area contributed by atoms with Gasteiger partial charge in [-0.25, -0.2) is 28.5 Å². The van der Waals surface area contributed by atoms with Gasteiger partial charge in [0.05, 0.1) is 31.3 Å². The predicted molar refractivity (Wildman–Crippen MR) is 305 cm³/mol. The first-order valence-corrected chi connectivity index (χ1v) is 29.6. The Bertz CT molecular complexity index is 3240. The van der Waals surface area contributed by atoms with Crippen molar-refractivity contribution in [1.29, 1.82) is 0 Å². The molecule has 21 heteroatoms.